The van der Waals surface area contributed by atoms with E-state index in [0.717, 1.165) is 33.2 Å². The molecule has 4 heteroatoms. The van der Waals surface area contributed by atoms with Crippen molar-refractivity contribution in [2.75, 3.05) is 0 Å². The number of benzene rings is 6. The van der Waals surface area contributed by atoms with Gasteiger partial charge >= 0.3 is 0 Å². The molecular weight excluding hydrogens is 560 g/mol. The van der Waals surface area contributed by atoms with E-state index in [1.165, 1.54) is 38.8 Å². The normalized spacial score (nSPS) is 11.5. The van der Waals surface area contributed by atoms with Crippen molar-refractivity contribution >= 4 is 10.8 Å². The summed E-state index contributed by atoms with van der Waals surface area (Å²) in [7, 11) is 0. The van der Waals surface area contributed by atoms with Gasteiger partial charge < -0.3 is 0 Å². The number of rotatable bonds is 4. The van der Waals surface area contributed by atoms with Crippen molar-refractivity contribution in [3.8, 4) is 78.7 Å². The van der Waals surface area contributed by atoms with Crippen LogP contribution in [0.15, 0.2) is 158 Å². The van der Waals surface area contributed by atoms with Crippen LogP contribution in [-0.4, -0.2) is 19.9 Å². The summed E-state index contributed by atoms with van der Waals surface area (Å²) in [5.41, 5.74) is 12.2. The fraction of sp³-hybridized carbons (Fsp3) is 0. The molecule has 0 amide bonds. The standard InChI is InChI=1S/C42H26N4/c1-3-10-27(11-4-1)28-18-20-30(21-19-28)41-44-40(29-12-5-2-6-13-29)45-42(46-41)37-23-22-36-33-24-25-43-26-38(33)32-15-8-7-14-31(32)34-16-9-17-35(37)39(34)36/h1-26H. The third kappa shape index (κ3) is 4.31. The number of hydrogen-bond donors (Lipinski definition) is 0. The number of aromatic nitrogens is 4. The van der Waals surface area contributed by atoms with Crippen LogP contribution in [-0.2, 0) is 0 Å². The van der Waals surface area contributed by atoms with Crippen LogP contribution in [0.1, 0.15) is 0 Å². The predicted octanol–water partition coefficient (Wildman–Crippen LogP) is 10.4. The first-order valence-electron chi connectivity index (χ1n) is 15.4. The Kier molecular flexibility index (Phi) is 6.10. The van der Waals surface area contributed by atoms with Crippen molar-refractivity contribution in [1.82, 2.24) is 19.9 Å². The van der Waals surface area contributed by atoms with Crippen LogP contribution in [0.3, 0.4) is 0 Å². The van der Waals surface area contributed by atoms with Crippen molar-refractivity contribution in [1.29, 1.82) is 0 Å². The molecular formula is C42H26N4. The summed E-state index contributed by atoms with van der Waals surface area (Å²) in [6.07, 6.45) is 3.86. The van der Waals surface area contributed by atoms with Crippen LogP contribution in [0.25, 0.3) is 89.4 Å². The highest BCUT2D eigenvalue weighted by Crippen LogP contribution is 2.48. The van der Waals surface area contributed by atoms with Gasteiger partial charge in [0, 0.05) is 34.6 Å². The van der Waals surface area contributed by atoms with Gasteiger partial charge in [-0.1, -0.05) is 133 Å². The van der Waals surface area contributed by atoms with Gasteiger partial charge in [0.05, 0.1) is 0 Å². The largest absolute Gasteiger partial charge is 0.264 e. The monoisotopic (exact) mass is 586 g/mol. The molecule has 0 N–H and O–H groups in total. The molecule has 0 atom stereocenters. The summed E-state index contributed by atoms with van der Waals surface area (Å²) in [4.78, 5) is 19.7. The molecule has 8 aromatic rings. The van der Waals surface area contributed by atoms with Gasteiger partial charge in [-0.15, -0.1) is 0 Å². The van der Waals surface area contributed by atoms with Gasteiger partial charge in [-0.25, -0.2) is 15.0 Å². The minimum Gasteiger partial charge on any atom is -0.264 e. The van der Waals surface area contributed by atoms with E-state index in [1.54, 1.807) is 0 Å². The maximum atomic E-state index is 5.13. The van der Waals surface area contributed by atoms with Gasteiger partial charge in [-0.2, -0.15) is 0 Å². The molecule has 6 aromatic carbocycles. The smallest absolute Gasteiger partial charge is 0.164 e. The highest BCUT2D eigenvalue weighted by Gasteiger charge is 2.23. The Labute approximate surface area is 266 Å². The topological polar surface area (TPSA) is 51.6 Å². The Morgan fingerprint density at radius 2 is 0.804 bits per heavy atom. The van der Waals surface area contributed by atoms with E-state index in [1.807, 2.05) is 48.8 Å². The third-order valence-corrected chi connectivity index (χ3v) is 8.82. The molecule has 214 valence electrons. The lowest BCUT2D eigenvalue weighted by molar-refractivity contribution is 1.08. The molecule has 0 bridgehead atoms. The van der Waals surface area contributed by atoms with Crippen LogP contribution in [0, 0.1) is 0 Å². The molecule has 2 heterocycles. The third-order valence-electron chi connectivity index (χ3n) is 8.82. The van der Waals surface area contributed by atoms with Crippen LogP contribution >= 0.6 is 0 Å². The van der Waals surface area contributed by atoms with Crippen molar-refractivity contribution in [3.05, 3.63) is 158 Å². The predicted molar refractivity (Wildman–Crippen MR) is 187 cm³/mol. The molecule has 2 aromatic heterocycles. The Hall–Kier alpha value is -6.26. The first-order chi connectivity index (χ1) is 22.8. The van der Waals surface area contributed by atoms with Crippen LogP contribution in [0.5, 0.6) is 0 Å². The molecule has 4 nitrogen and oxygen atoms in total. The summed E-state index contributed by atoms with van der Waals surface area (Å²) < 4.78 is 0. The summed E-state index contributed by atoms with van der Waals surface area (Å²) in [5, 5.41) is 2.29. The van der Waals surface area contributed by atoms with E-state index in [0.29, 0.717) is 17.5 Å². The van der Waals surface area contributed by atoms with Crippen molar-refractivity contribution < 1.29 is 0 Å². The molecule has 0 radical (unpaired) electrons. The molecule has 1 aliphatic carbocycles. The fourth-order valence-electron chi connectivity index (χ4n) is 6.63. The number of nitrogens with zero attached hydrogens (tertiary/aromatic N) is 4. The maximum absolute atomic E-state index is 5.13. The SMILES string of the molecule is c1ccc(-c2ccc(-c3nc(-c4ccccc4)nc(-c4ccc5c6c(cccc46)-c4ccccc4-c4cnccc4-5)n3)cc2)cc1. The lowest BCUT2D eigenvalue weighted by Gasteiger charge is -2.15. The van der Waals surface area contributed by atoms with Crippen LogP contribution in [0.4, 0.5) is 0 Å². The Morgan fingerprint density at radius 1 is 0.304 bits per heavy atom. The van der Waals surface area contributed by atoms with E-state index in [9.17, 15) is 0 Å². The van der Waals surface area contributed by atoms with Crippen LogP contribution < -0.4 is 0 Å². The van der Waals surface area contributed by atoms with E-state index < -0.39 is 0 Å². The van der Waals surface area contributed by atoms with Crippen molar-refractivity contribution in [2.45, 2.75) is 0 Å². The van der Waals surface area contributed by atoms with Gasteiger partial charge in [0.15, 0.2) is 17.5 Å². The fourth-order valence-corrected chi connectivity index (χ4v) is 6.63. The lowest BCUT2D eigenvalue weighted by Crippen LogP contribution is -2.01. The highest BCUT2D eigenvalue weighted by molar-refractivity contribution is 6.16. The molecule has 0 spiro atoms. The molecule has 0 unspecified atom stereocenters. The summed E-state index contributed by atoms with van der Waals surface area (Å²) in [6, 6.07) is 50.6. The maximum Gasteiger partial charge on any atom is 0.164 e. The minimum atomic E-state index is 0.642. The van der Waals surface area contributed by atoms with Crippen LogP contribution in [0.2, 0.25) is 0 Å². The second-order valence-electron chi connectivity index (χ2n) is 11.5. The van der Waals surface area contributed by atoms with Gasteiger partial charge in [0.2, 0.25) is 0 Å². The summed E-state index contributed by atoms with van der Waals surface area (Å²) in [5.74, 6) is 1.93. The Morgan fingerprint density at radius 3 is 1.54 bits per heavy atom. The van der Waals surface area contributed by atoms with Crippen molar-refractivity contribution in [2.24, 2.45) is 0 Å². The van der Waals surface area contributed by atoms with E-state index in [-0.39, 0.29) is 0 Å². The Balaban J connectivity index is 1.27. The van der Waals surface area contributed by atoms with E-state index in [4.69, 9.17) is 15.0 Å². The van der Waals surface area contributed by atoms with Gasteiger partial charge in [0.1, 0.15) is 0 Å². The number of fused-ring (bicyclic) bond motifs is 5. The second kappa shape index (κ2) is 10.7. The quantitative estimate of drug-likeness (QED) is 0.206. The molecule has 0 saturated heterocycles. The average molecular weight is 587 g/mol. The summed E-state index contributed by atoms with van der Waals surface area (Å²) >= 11 is 0. The van der Waals surface area contributed by atoms with Gasteiger partial charge in [-0.05, 0) is 61.8 Å². The minimum absolute atomic E-state index is 0.642. The zero-order chi connectivity index (χ0) is 30.5. The average Bonchev–Trinajstić information content (AvgIpc) is 3.26. The molecule has 0 saturated carbocycles. The van der Waals surface area contributed by atoms with Gasteiger partial charge in [0.25, 0.3) is 0 Å². The first kappa shape index (κ1) is 26.2. The van der Waals surface area contributed by atoms with Gasteiger partial charge in [-0.3, -0.25) is 4.98 Å². The molecule has 0 fully saturated rings. The Bertz CT molecular complexity index is 2350. The highest BCUT2D eigenvalue weighted by atomic mass is 15.0. The first-order valence-corrected chi connectivity index (χ1v) is 15.4. The second-order valence-corrected chi connectivity index (χ2v) is 11.5. The molecule has 0 aliphatic heterocycles. The van der Waals surface area contributed by atoms with E-state index >= 15 is 0 Å². The number of hydrogen-bond acceptors (Lipinski definition) is 4. The molecule has 46 heavy (non-hydrogen) atoms. The number of pyridine rings is 1. The van der Waals surface area contributed by atoms with Crippen molar-refractivity contribution in [3.63, 3.8) is 0 Å². The molecule has 9 rings (SSSR count). The summed E-state index contributed by atoms with van der Waals surface area (Å²) in [6.45, 7) is 0. The zero-order valence-corrected chi connectivity index (χ0v) is 24.8. The van der Waals surface area contributed by atoms with E-state index in [2.05, 4.69) is 114 Å². The molecule has 1 aliphatic rings. The zero-order valence-electron chi connectivity index (χ0n) is 24.8. The lowest BCUT2D eigenvalue weighted by atomic mass is 9.91.